The normalized spacial score (nSPS) is 13.6. The number of carbonyl (C=O) groups is 2. The van der Waals surface area contributed by atoms with E-state index in [4.69, 9.17) is 18.5 Å². The Labute approximate surface area is 346 Å². The maximum absolute atomic E-state index is 12.7. The van der Waals surface area contributed by atoms with Crippen LogP contribution in [0, 0.1) is 0 Å². The fourth-order valence-corrected chi connectivity index (χ4v) is 7.32. The lowest BCUT2D eigenvalue weighted by Crippen LogP contribution is -2.37. The molecule has 0 bridgehead atoms. The van der Waals surface area contributed by atoms with Gasteiger partial charge in [0, 0.05) is 12.8 Å². The predicted octanol–water partition coefficient (Wildman–Crippen LogP) is 12.7. The highest BCUT2D eigenvalue weighted by Crippen LogP contribution is 2.38. The predicted molar refractivity (Wildman–Crippen MR) is 231 cm³/mol. The molecular formula is C46H90NO8P. The number of esters is 2. The minimum atomic E-state index is -4.62. The third-order valence-electron chi connectivity index (χ3n) is 10.3. The van der Waals surface area contributed by atoms with Crippen molar-refractivity contribution >= 4 is 19.8 Å². The second-order valence-corrected chi connectivity index (χ2v) is 18.5. The summed E-state index contributed by atoms with van der Waals surface area (Å²) in [6.45, 7) is 4.25. The first-order valence-electron chi connectivity index (χ1n) is 23.4. The summed E-state index contributed by atoms with van der Waals surface area (Å²) < 4.78 is 34.0. The van der Waals surface area contributed by atoms with Gasteiger partial charge in [0.2, 0.25) is 0 Å². The van der Waals surface area contributed by atoms with Crippen molar-refractivity contribution in [2.75, 3.05) is 47.5 Å². The molecule has 0 amide bonds. The van der Waals surface area contributed by atoms with Gasteiger partial charge in [-0.1, -0.05) is 180 Å². The smallest absolute Gasteiger partial charge is 0.306 e. The van der Waals surface area contributed by atoms with E-state index in [9.17, 15) is 19.0 Å². The molecule has 1 unspecified atom stereocenters. The summed E-state index contributed by atoms with van der Waals surface area (Å²) in [6, 6.07) is 0. The number of likely N-dealkylation sites (N-methyl/N-ethyl adjacent to an activating group) is 1. The van der Waals surface area contributed by atoms with Crippen LogP contribution >= 0.6 is 7.82 Å². The Kier molecular flexibility index (Phi) is 38.3. The molecule has 0 saturated carbocycles. The van der Waals surface area contributed by atoms with Gasteiger partial charge < -0.3 is 27.9 Å². The Morgan fingerprint density at radius 1 is 0.536 bits per heavy atom. The van der Waals surface area contributed by atoms with E-state index < -0.39 is 26.5 Å². The number of hydrogen-bond donors (Lipinski definition) is 0. The Bertz CT molecular complexity index is 969. The number of quaternary nitrogens is 1. The molecule has 0 spiro atoms. The number of allylic oxidation sites excluding steroid dienone is 2. The van der Waals surface area contributed by atoms with Gasteiger partial charge in [0.05, 0.1) is 27.7 Å². The Hall–Kier alpha value is -1.25. The van der Waals surface area contributed by atoms with Crippen LogP contribution in [-0.2, 0) is 32.7 Å². The molecule has 0 aliphatic carbocycles. The minimum Gasteiger partial charge on any atom is -0.756 e. The zero-order chi connectivity index (χ0) is 41.4. The molecule has 332 valence electrons. The number of unbranched alkanes of at least 4 members (excludes halogenated alkanes) is 27. The van der Waals surface area contributed by atoms with E-state index in [1.807, 2.05) is 21.1 Å². The van der Waals surface area contributed by atoms with Gasteiger partial charge in [0.25, 0.3) is 7.82 Å². The summed E-state index contributed by atoms with van der Waals surface area (Å²) in [6.07, 6.45) is 40.9. The van der Waals surface area contributed by atoms with Crippen LogP contribution in [0.3, 0.4) is 0 Å². The van der Waals surface area contributed by atoms with E-state index in [2.05, 4.69) is 26.0 Å². The molecular weight excluding hydrogens is 725 g/mol. The lowest BCUT2D eigenvalue weighted by Gasteiger charge is -2.28. The highest BCUT2D eigenvalue weighted by atomic mass is 31.2. The van der Waals surface area contributed by atoms with Crippen LogP contribution < -0.4 is 4.89 Å². The topological polar surface area (TPSA) is 111 Å². The van der Waals surface area contributed by atoms with Crippen molar-refractivity contribution in [3.05, 3.63) is 12.2 Å². The molecule has 10 heteroatoms. The lowest BCUT2D eigenvalue weighted by atomic mass is 10.0. The third-order valence-corrected chi connectivity index (χ3v) is 11.2. The Morgan fingerprint density at radius 2 is 0.911 bits per heavy atom. The van der Waals surface area contributed by atoms with Gasteiger partial charge in [-0.15, -0.1) is 0 Å². The van der Waals surface area contributed by atoms with Gasteiger partial charge in [0.1, 0.15) is 19.8 Å². The van der Waals surface area contributed by atoms with E-state index >= 15 is 0 Å². The molecule has 0 aliphatic rings. The van der Waals surface area contributed by atoms with Gasteiger partial charge >= 0.3 is 11.9 Å². The molecule has 0 radical (unpaired) electrons. The molecule has 0 fully saturated rings. The van der Waals surface area contributed by atoms with Crippen molar-refractivity contribution in [3.8, 4) is 0 Å². The number of phosphoric ester groups is 1. The molecule has 0 heterocycles. The number of rotatable bonds is 43. The van der Waals surface area contributed by atoms with E-state index in [1.54, 1.807) is 0 Å². The van der Waals surface area contributed by atoms with Crippen LogP contribution in [0.4, 0.5) is 0 Å². The van der Waals surface area contributed by atoms with Crippen LogP contribution in [0.5, 0.6) is 0 Å². The van der Waals surface area contributed by atoms with E-state index in [1.165, 1.54) is 141 Å². The van der Waals surface area contributed by atoms with Crippen molar-refractivity contribution in [2.24, 2.45) is 0 Å². The highest BCUT2D eigenvalue weighted by Gasteiger charge is 2.21. The summed E-state index contributed by atoms with van der Waals surface area (Å²) in [5.41, 5.74) is 0. The Morgan fingerprint density at radius 3 is 1.32 bits per heavy atom. The van der Waals surface area contributed by atoms with Crippen LogP contribution in [0.25, 0.3) is 0 Å². The fraction of sp³-hybridized carbons (Fsp3) is 0.913. The average molecular weight is 816 g/mol. The molecule has 9 nitrogen and oxygen atoms in total. The van der Waals surface area contributed by atoms with Crippen molar-refractivity contribution in [2.45, 2.75) is 225 Å². The fourth-order valence-electron chi connectivity index (χ4n) is 6.59. The summed E-state index contributed by atoms with van der Waals surface area (Å²) in [5.74, 6) is -0.828. The van der Waals surface area contributed by atoms with Crippen molar-refractivity contribution in [3.63, 3.8) is 0 Å². The largest absolute Gasteiger partial charge is 0.756 e. The van der Waals surface area contributed by atoms with E-state index in [-0.39, 0.29) is 32.0 Å². The average Bonchev–Trinajstić information content (AvgIpc) is 3.15. The van der Waals surface area contributed by atoms with E-state index in [0.29, 0.717) is 17.4 Å². The molecule has 0 aromatic rings. The number of carbonyl (C=O) groups excluding carboxylic acids is 2. The molecule has 2 atom stereocenters. The van der Waals surface area contributed by atoms with Crippen LogP contribution in [0.2, 0.25) is 0 Å². The molecule has 0 aliphatic heterocycles. The van der Waals surface area contributed by atoms with Crippen LogP contribution in [-0.4, -0.2) is 70.0 Å². The summed E-state index contributed by atoms with van der Waals surface area (Å²) in [5, 5.41) is 0. The van der Waals surface area contributed by atoms with Crippen molar-refractivity contribution < 1.29 is 42.1 Å². The van der Waals surface area contributed by atoms with Gasteiger partial charge in [-0.3, -0.25) is 14.2 Å². The summed E-state index contributed by atoms with van der Waals surface area (Å²) in [4.78, 5) is 37.6. The van der Waals surface area contributed by atoms with Gasteiger partial charge in [0.15, 0.2) is 6.10 Å². The second kappa shape index (κ2) is 39.2. The second-order valence-electron chi connectivity index (χ2n) is 17.1. The van der Waals surface area contributed by atoms with Gasteiger partial charge in [-0.2, -0.15) is 0 Å². The first kappa shape index (κ1) is 54.8. The zero-order valence-corrected chi connectivity index (χ0v) is 38.2. The molecule has 0 aromatic heterocycles. The first-order chi connectivity index (χ1) is 27.0. The number of ether oxygens (including phenoxy) is 2. The standard InChI is InChI=1S/C46H90NO8P/c1-6-8-10-12-14-16-18-20-22-23-25-27-29-31-33-35-37-39-46(49)55-44(43-54-56(50,51)53-41-40-47(3,4)5)42-52-45(48)38-36-34-32-30-28-26-24-21-19-17-15-13-11-9-7-2/h20,22,44H,6-19,21,23-43H2,1-5H3/b22-20+/t44-/m1/s1. The van der Waals surface area contributed by atoms with Gasteiger partial charge in [-0.25, -0.2) is 0 Å². The molecule has 0 N–H and O–H groups in total. The number of phosphoric acid groups is 1. The molecule has 56 heavy (non-hydrogen) atoms. The number of nitrogens with zero attached hydrogens (tertiary/aromatic N) is 1. The summed E-state index contributed by atoms with van der Waals surface area (Å²) >= 11 is 0. The summed E-state index contributed by atoms with van der Waals surface area (Å²) in [7, 11) is 1.17. The maximum atomic E-state index is 12.7. The number of hydrogen-bond acceptors (Lipinski definition) is 8. The Balaban J connectivity index is 4.30. The third kappa shape index (κ3) is 42.4. The monoisotopic (exact) mass is 816 g/mol. The minimum absolute atomic E-state index is 0.0284. The maximum Gasteiger partial charge on any atom is 0.306 e. The first-order valence-corrected chi connectivity index (χ1v) is 24.9. The van der Waals surface area contributed by atoms with Crippen molar-refractivity contribution in [1.82, 2.24) is 0 Å². The van der Waals surface area contributed by atoms with E-state index in [0.717, 1.165) is 44.9 Å². The quantitative estimate of drug-likeness (QED) is 0.0197. The van der Waals surface area contributed by atoms with Crippen LogP contribution in [0.15, 0.2) is 12.2 Å². The van der Waals surface area contributed by atoms with Gasteiger partial charge in [-0.05, 0) is 38.5 Å². The lowest BCUT2D eigenvalue weighted by molar-refractivity contribution is -0.870. The molecule has 0 aromatic carbocycles. The highest BCUT2D eigenvalue weighted by molar-refractivity contribution is 7.45. The SMILES string of the molecule is CCCCCCCC/C=C/CCCCCCCCCC(=O)O[C@H](COC(=O)CCCCCCCCCCCCCCCCC)COP(=O)([O-])OCC[N+](C)(C)C. The van der Waals surface area contributed by atoms with Crippen molar-refractivity contribution in [1.29, 1.82) is 0 Å². The molecule has 0 saturated heterocycles. The zero-order valence-electron chi connectivity index (χ0n) is 37.3. The van der Waals surface area contributed by atoms with Crippen LogP contribution in [0.1, 0.15) is 219 Å². The molecule has 0 rings (SSSR count).